The molecule has 0 radical (unpaired) electrons. The second kappa shape index (κ2) is 10.9. The molecule has 0 spiro atoms. The molecule has 0 aliphatic carbocycles. The average Bonchev–Trinajstić information content (AvgIpc) is 3.43. The Morgan fingerprint density at radius 2 is 2.00 bits per heavy atom. The lowest BCUT2D eigenvalue weighted by Gasteiger charge is -2.35. The number of carbonyl (C=O) groups excluding carboxylic acids is 1. The number of rotatable bonds is 6. The maximum atomic E-state index is 12.6. The van der Waals surface area contributed by atoms with E-state index in [1.807, 2.05) is 37.4 Å². The lowest BCUT2D eigenvalue weighted by atomic mass is 10.0. The summed E-state index contributed by atoms with van der Waals surface area (Å²) in [6, 6.07) is 14.4. The van der Waals surface area contributed by atoms with Crippen molar-refractivity contribution in [1.82, 2.24) is 30.6 Å². The van der Waals surface area contributed by atoms with Gasteiger partial charge in [-0.2, -0.15) is 0 Å². The van der Waals surface area contributed by atoms with Crippen LogP contribution < -0.4 is 15.5 Å². The van der Waals surface area contributed by atoms with E-state index < -0.39 is 0 Å². The number of aryl methyl sites for hydroxylation is 1. The zero-order chi connectivity index (χ0) is 25.9. The number of piperidine rings is 1. The Balaban J connectivity index is 1.19. The Kier molecular flexibility index (Phi) is 7.02. The summed E-state index contributed by atoms with van der Waals surface area (Å²) in [5.74, 6) is -0.115. The lowest BCUT2D eigenvalue weighted by Crippen LogP contribution is -2.51. The average molecular weight is 512 g/mol. The molecule has 38 heavy (non-hydrogen) atoms. The van der Waals surface area contributed by atoms with E-state index >= 15 is 0 Å². The number of aromatic amines is 1. The van der Waals surface area contributed by atoms with Crippen molar-refractivity contribution in [2.75, 3.05) is 37.6 Å². The molecule has 3 N–H and O–H groups in total. The Morgan fingerprint density at radius 3 is 2.87 bits per heavy atom. The van der Waals surface area contributed by atoms with E-state index in [4.69, 9.17) is 9.72 Å². The number of nitrogens with zero attached hydrogens (tertiary/aromatic N) is 4. The molecule has 1 aromatic carbocycles. The zero-order valence-electron chi connectivity index (χ0n) is 21.6. The van der Waals surface area contributed by atoms with E-state index in [0.717, 1.165) is 90.5 Å². The summed E-state index contributed by atoms with van der Waals surface area (Å²) < 4.78 is 5.73. The largest absolute Gasteiger partial charge is 0.462 e. The van der Waals surface area contributed by atoms with Crippen molar-refractivity contribution >= 4 is 22.6 Å². The maximum Gasteiger partial charge on any atom is 0.307 e. The van der Waals surface area contributed by atoms with Crippen LogP contribution in [0.1, 0.15) is 25.0 Å². The molecule has 2 saturated heterocycles. The number of pyridine rings is 2. The summed E-state index contributed by atoms with van der Waals surface area (Å²) in [7, 11) is 0. The van der Waals surface area contributed by atoms with Crippen LogP contribution in [0.5, 0.6) is 0 Å². The second-order valence-electron chi connectivity index (χ2n) is 10.1. The highest BCUT2D eigenvalue weighted by Crippen LogP contribution is 2.31. The first-order valence-electron chi connectivity index (χ1n) is 13.4. The molecule has 0 bridgehead atoms. The van der Waals surface area contributed by atoms with Gasteiger partial charge in [-0.1, -0.05) is 12.1 Å². The van der Waals surface area contributed by atoms with Crippen LogP contribution in [0.4, 0.5) is 5.69 Å². The Bertz CT molecular complexity index is 1430. The molecule has 0 saturated carbocycles. The SMILES string of the molecule is Cc1cccc(-c2[nH]cnc2-c2ccc3ncc(N4CCNC(CC(=O)OC5CCNCC5)C4)cc3c2)n1. The normalized spacial score (nSPS) is 18.6. The molecule has 1 unspecified atom stereocenters. The van der Waals surface area contributed by atoms with Crippen LogP contribution in [-0.4, -0.2) is 70.8 Å². The maximum absolute atomic E-state index is 12.6. The van der Waals surface area contributed by atoms with Crippen LogP contribution in [0.3, 0.4) is 0 Å². The molecule has 2 aliphatic rings. The Hall–Kier alpha value is -3.82. The summed E-state index contributed by atoms with van der Waals surface area (Å²) in [5.41, 5.74) is 6.59. The van der Waals surface area contributed by atoms with E-state index in [-0.39, 0.29) is 18.1 Å². The summed E-state index contributed by atoms with van der Waals surface area (Å²) in [5, 5.41) is 7.84. The predicted octanol–water partition coefficient (Wildman–Crippen LogP) is 3.46. The Labute approximate surface area is 222 Å². The lowest BCUT2D eigenvalue weighted by molar-refractivity contribution is -0.150. The molecule has 9 nitrogen and oxygen atoms in total. The van der Waals surface area contributed by atoms with Crippen LogP contribution in [0.15, 0.2) is 55.0 Å². The molecular formula is C29H33N7O2. The number of hydrogen-bond acceptors (Lipinski definition) is 8. The highest BCUT2D eigenvalue weighted by molar-refractivity contribution is 5.88. The monoisotopic (exact) mass is 511 g/mol. The minimum Gasteiger partial charge on any atom is -0.462 e. The van der Waals surface area contributed by atoms with Gasteiger partial charge in [-0.25, -0.2) is 4.98 Å². The number of fused-ring (bicyclic) bond motifs is 1. The third-order valence-electron chi connectivity index (χ3n) is 7.34. The third-order valence-corrected chi connectivity index (χ3v) is 7.34. The Morgan fingerprint density at radius 1 is 1.11 bits per heavy atom. The number of carbonyl (C=O) groups is 1. The second-order valence-corrected chi connectivity index (χ2v) is 10.1. The zero-order valence-corrected chi connectivity index (χ0v) is 21.6. The van der Waals surface area contributed by atoms with Crippen LogP contribution in [0.25, 0.3) is 33.5 Å². The summed E-state index contributed by atoms with van der Waals surface area (Å²) in [6.07, 6.45) is 5.84. The molecule has 2 fully saturated rings. The van der Waals surface area contributed by atoms with Gasteiger partial charge < -0.3 is 25.3 Å². The first-order chi connectivity index (χ1) is 18.6. The number of H-pyrrole nitrogens is 1. The van der Waals surface area contributed by atoms with Gasteiger partial charge in [-0.05, 0) is 63.2 Å². The van der Waals surface area contributed by atoms with Crippen molar-refractivity contribution in [2.24, 2.45) is 0 Å². The number of anilines is 1. The minimum atomic E-state index is -0.115. The van der Waals surface area contributed by atoms with Gasteiger partial charge in [0.1, 0.15) is 6.10 Å². The number of aromatic nitrogens is 4. The van der Waals surface area contributed by atoms with Gasteiger partial charge in [-0.15, -0.1) is 0 Å². The highest BCUT2D eigenvalue weighted by atomic mass is 16.5. The fraction of sp³-hybridized carbons (Fsp3) is 0.379. The molecule has 1 atom stereocenters. The van der Waals surface area contributed by atoms with Gasteiger partial charge in [0.25, 0.3) is 0 Å². The van der Waals surface area contributed by atoms with Crippen LogP contribution in [-0.2, 0) is 9.53 Å². The van der Waals surface area contributed by atoms with Crippen molar-refractivity contribution in [1.29, 1.82) is 0 Å². The minimum absolute atomic E-state index is 0.0408. The van der Waals surface area contributed by atoms with Crippen molar-refractivity contribution in [3.05, 3.63) is 60.7 Å². The number of benzene rings is 1. The first kappa shape index (κ1) is 24.5. The standard InChI is InChI=1S/C29H33N7O2/c1-19-3-2-4-26(35-19)29-28(33-18-34-29)20-5-6-25-21(13-20)14-23(16-32-25)36-12-11-31-22(17-36)15-27(37)38-24-7-9-30-10-8-24/h2-6,13-14,16,18,22,24,30-31H,7-12,15,17H2,1H3,(H,33,34). The smallest absolute Gasteiger partial charge is 0.307 e. The fourth-order valence-electron chi connectivity index (χ4n) is 5.38. The number of nitrogens with one attached hydrogen (secondary N) is 3. The number of piperazine rings is 1. The van der Waals surface area contributed by atoms with E-state index in [1.165, 1.54) is 0 Å². The summed E-state index contributed by atoms with van der Waals surface area (Å²) in [6.45, 7) is 6.21. The quantitative estimate of drug-likeness (QED) is 0.338. The van der Waals surface area contributed by atoms with Gasteiger partial charge >= 0.3 is 5.97 Å². The molecule has 6 rings (SSSR count). The highest BCUT2D eigenvalue weighted by Gasteiger charge is 2.25. The van der Waals surface area contributed by atoms with Gasteiger partial charge in [0.15, 0.2) is 0 Å². The van der Waals surface area contributed by atoms with Crippen molar-refractivity contribution in [3.8, 4) is 22.6 Å². The molecule has 9 heteroatoms. The molecule has 196 valence electrons. The van der Waals surface area contributed by atoms with Gasteiger partial charge in [0.05, 0.1) is 47.2 Å². The predicted molar refractivity (Wildman–Crippen MR) is 148 cm³/mol. The van der Waals surface area contributed by atoms with Gasteiger partial charge in [0.2, 0.25) is 0 Å². The molecule has 0 amide bonds. The number of imidazole rings is 1. The van der Waals surface area contributed by atoms with Gasteiger partial charge in [0, 0.05) is 42.3 Å². The van der Waals surface area contributed by atoms with E-state index in [9.17, 15) is 4.79 Å². The summed E-state index contributed by atoms with van der Waals surface area (Å²) in [4.78, 5) is 32.1. The van der Waals surface area contributed by atoms with Gasteiger partial charge in [-0.3, -0.25) is 14.8 Å². The molecule has 4 aromatic rings. The number of ether oxygens (including phenoxy) is 1. The van der Waals surface area contributed by atoms with E-state index in [1.54, 1.807) is 6.33 Å². The number of hydrogen-bond donors (Lipinski definition) is 3. The first-order valence-corrected chi connectivity index (χ1v) is 13.4. The molecule has 3 aromatic heterocycles. The molecule has 2 aliphatic heterocycles. The molecular weight excluding hydrogens is 478 g/mol. The van der Waals surface area contributed by atoms with Crippen LogP contribution in [0.2, 0.25) is 0 Å². The third kappa shape index (κ3) is 5.39. The van der Waals surface area contributed by atoms with E-state index in [2.05, 4.69) is 48.7 Å². The van der Waals surface area contributed by atoms with E-state index in [0.29, 0.717) is 6.42 Å². The topological polar surface area (TPSA) is 108 Å². The van der Waals surface area contributed by atoms with Crippen molar-refractivity contribution < 1.29 is 9.53 Å². The van der Waals surface area contributed by atoms with Crippen LogP contribution >= 0.6 is 0 Å². The van der Waals surface area contributed by atoms with Crippen molar-refractivity contribution in [2.45, 2.75) is 38.3 Å². The summed E-state index contributed by atoms with van der Waals surface area (Å²) >= 11 is 0. The van der Waals surface area contributed by atoms with Crippen LogP contribution in [0, 0.1) is 6.92 Å². The fourth-order valence-corrected chi connectivity index (χ4v) is 5.38. The number of esters is 1. The van der Waals surface area contributed by atoms with Crippen molar-refractivity contribution in [3.63, 3.8) is 0 Å². The molecule has 5 heterocycles.